The first-order valence-electron chi connectivity index (χ1n) is 9.25. The van der Waals surface area contributed by atoms with Gasteiger partial charge < -0.3 is 15.3 Å². The van der Waals surface area contributed by atoms with Crippen LogP contribution in [0.25, 0.3) is 0 Å². The van der Waals surface area contributed by atoms with Crippen LogP contribution in [0.15, 0.2) is 35.3 Å². The number of rotatable bonds is 7. The number of nitrogens with zero attached hydrogens (tertiary/aromatic N) is 2. The van der Waals surface area contributed by atoms with Crippen LogP contribution in [0.3, 0.4) is 0 Å². The minimum atomic E-state index is -0.215. The highest BCUT2D eigenvalue weighted by atomic mass is 127. The van der Waals surface area contributed by atoms with E-state index in [1.807, 2.05) is 0 Å². The average Bonchev–Trinajstić information content (AvgIpc) is 2.98. The minimum absolute atomic E-state index is 0. The molecular weight excluding hydrogens is 425 g/mol. The molecule has 1 fully saturated rings. The summed E-state index contributed by atoms with van der Waals surface area (Å²) in [5, 5.41) is 13.1. The van der Waals surface area contributed by atoms with E-state index in [4.69, 9.17) is 4.99 Å². The lowest BCUT2D eigenvalue weighted by Crippen LogP contribution is -2.41. The van der Waals surface area contributed by atoms with Gasteiger partial charge in [0.25, 0.3) is 0 Å². The highest BCUT2D eigenvalue weighted by molar-refractivity contribution is 14.0. The van der Waals surface area contributed by atoms with Crippen LogP contribution in [-0.2, 0) is 6.42 Å². The van der Waals surface area contributed by atoms with Gasteiger partial charge in [0.2, 0.25) is 0 Å². The third kappa shape index (κ3) is 7.94. The summed E-state index contributed by atoms with van der Waals surface area (Å²) in [7, 11) is 0. The van der Waals surface area contributed by atoms with Crippen LogP contribution >= 0.6 is 24.0 Å². The zero-order chi connectivity index (χ0) is 17.4. The van der Waals surface area contributed by atoms with Crippen molar-refractivity contribution < 1.29 is 5.11 Å². The molecule has 1 aromatic rings. The average molecular weight is 459 g/mol. The summed E-state index contributed by atoms with van der Waals surface area (Å²) >= 11 is 0. The Kier molecular flexibility index (Phi) is 9.79. The Morgan fingerprint density at radius 3 is 2.64 bits per heavy atom. The lowest BCUT2D eigenvalue weighted by molar-refractivity contribution is 0.187. The number of aryl methyl sites for hydroxylation is 1. The largest absolute Gasteiger partial charge is 0.391 e. The van der Waals surface area contributed by atoms with Crippen molar-refractivity contribution in [2.24, 2.45) is 10.4 Å². The smallest absolute Gasteiger partial charge is 0.194 e. The molecule has 0 radical (unpaired) electrons. The molecule has 25 heavy (non-hydrogen) atoms. The summed E-state index contributed by atoms with van der Waals surface area (Å²) in [6.45, 7) is 9.94. The lowest BCUT2D eigenvalue weighted by Gasteiger charge is -2.26. The molecule has 5 heteroatoms. The van der Waals surface area contributed by atoms with E-state index < -0.39 is 0 Å². The number of hydrogen-bond acceptors (Lipinski definition) is 2. The monoisotopic (exact) mass is 459 g/mol. The Morgan fingerprint density at radius 2 is 2.04 bits per heavy atom. The van der Waals surface area contributed by atoms with Crippen LogP contribution in [0.2, 0.25) is 0 Å². The number of β-amino-alcohol motifs (C(OH)–C–C–N with tert-alkyl or cyclic N) is 1. The van der Waals surface area contributed by atoms with Gasteiger partial charge in [-0.05, 0) is 43.6 Å². The minimum Gasteiger partial charge on any atom is -0.391 e. The molecule has 0 aliphatic carbocycles. The molecule has 1 atom stereocenters. The lowest BCUT2D eigenvalue weighted by atomic mass is 9.86. The quantitative estimate of drug-likeness (QED) is 0.372. The summed E-state index contributed by atoms with van der Waals surface area (Å²) in [6, 6.07) is 10.7. The van der Waals surface area contributed by atoms with Crippen LogP contribution < -0.4 is 5.32 Å². The number of benzene rings is 1. The van der Waals surface area contributed by atoms with Gasteiger partial charge in [-0.3, -0.25) is 4.99 Å². The number of aliphatic hydroxyl groups is 1. The fourth-order valence-corrected chi connectivity index (χ4v) is 3.14. The third-order valence-electron chi connectivity index (χ3n) is 4.62. The second kappa shape index (κ2) is 11.0. The molecule has 1 aliphatic rings. The van der Waals surface area contributed by atoms with E-state index in [1.165, 1.54) is 12.0 Å². The van der Waals surface area contributed by atoms with Gasteiger partial charge in [0, 0.05) is 26.2 Å². The van der Waals surface area contributed by atoms with Gasteiger partial charge in [0.15, 0.2) is 5.96 Å². The molecule has 4 nitrogen and oxygen atoms in total. The zero-order valence-electron chi connectivity index (χ0n) is 15.9. The van der Waals surface area contributed by atoms with Crippen LogP contribution in [0.4, 0.5) is 0 Å². The van der Waals surface area contributed by atoms with E-state index in [0.29, 0.717) is 6.54 Å². The molecule has 1 heterocycles. The summed E-state index contributed by atoms with van der Waals surface area (Å²) in [6.07, 6.45) is 4.10. The topological polar surface area (TPSA) is 47.9 Å². The maximum absolute atomic E-state index is 9.74. The first kappa shape index (κ1) is 22.2. The Hall–Kier alpha value is -0.820. The SMILES string of the molecule is CCNC(=NCC(C)(C)CCCc1ccccc1)N1CC[C@@H](O)C1.I. The second-order valence-corrected chi connectivity index (χ2v) is 7.56. The number of guanidine groups is 1. The molecule has 0 bridgehead atoms. The summed E-state index contributed by atoms with van der Waals surface area (Å²) < 4.78 is 0. The fraction of sp³-hybridized carbons (Fsp3) is 0.650. The van der Waals surface area contributed by atoms with Crippen molar-refractivity contribution in [2.45, 2.75) is 52.6 Å². The first-order valence-corrected chi connectivity index (χ1v) is 9.25. The van der Waals surface area contributed by atoms with Gasteiger partial charge in [0.1, 0.15) is 0 Å². The number of aliphatic hydroxyl groups excluding tert-OH is 1. The van der Waals surface area contributed by atoms with Crippen LogP contribution in [0.1, 0.15) is 45.6 Å². The molecule has 1 aromatic carbocycles. The maximum Gasteiger partial charge on any atom is 0.194 e. The number of nitrogens with one attached hydrogen (secondary N) is 1. The molecule has 0 spiro atoms. The standard InChI is InChI=1S/C20H33N3O.HI/c1-4-21-19(23-14-12-18(24)15-23)22-16-20(2,3)13-8-11-17-9-6-5-7-10-17;/h5-7,9-10,18,24H,4,8,11-16H2,1-3H3,(H,21,22);1H/t18-;/m1./s1. The molecule has 0 amide bonds. The predicted molar refractivity (Wildman–Crippen MR) is 117 cm³/mol. The first-order chi connectivity index (χ1) is 11.5. The summed E-state index contributed by atoms with van der Waals surface area (Å²) in [5.41, 5.74) is 1.60. The molecule has 0 saturated carbocycles. The van der Waals surface area contributed by atoms with Crippen molar-refractivity contribution in [1.29, 1.82) is 0 Å². The molecule has 1 aliphatic heterocycles. The molecule has 0 aromatic heterocycles. The van der Waals surface area contributed by atoms with Crippen molar-refractivity contribution in [3.63, 3.8) is 0 Å². The van der Waals surface area contributed by atoms with Gasteiger partial charge in [-0.2, -0.15) is 0 Å². The Balaban J connectivity index is 0.00000312. The van der Waals surface area contributed by atoms with Crippen molar-refractivity contribution in [3.05, 3.63) is 35.9 Å². The van der Waals surface area contributed by atoms with E-state index in [-0.39, 0.29) is 35.5 Å². The van der Waals surface area contributed by atoms with Gasteiger partial charge in [0.05, 0.1) is 6.10 Å². The number of likely N-dealkylation sites (tertiary alicyclic amines) is 1. The highest BCUT2D eigenvalue weighted by Gasteiger charge is 2.24. The van der Waals surface area contributed by atoms with Crippen molar-refractivity contribution >= 4 is 29.9 Å². The van der Waals surface area contributed by atoms with Crippen molar-refractivity contribution in [1.82, 2.24) is 10.2 Å². The Morgan fingerprint density at radius 1 is 1.32 bits per heavy atom. The van der Waals surface area contributed by atoms with Crippen LogP contribution in [-0.4, -0.2) is 48.2 Å². The Bertz CT molecular complexity index is 519. The van der Waals surface area contributed by atoms with E-state index in [2.05, 4.69) is 61.3 Å². The number of aliphatic imine (C=N–C) groups is 1. The van der Waals surface area contributed by atoms with Crippen LogP contribution in [0.5, 0.6) is 0 Å². The van der Waals surface area contributed by atoms with Gasteiger partial charge in [-0.1, -0.05) is 44.2 Å². The Labute approximate surface area is 170 Å². The maximum atomic E-state index is 9.74. The van der Waals surface area contributed by atoms with E-state index >= 15 is 0 Å². The number of halogens is 1. The molecule has 1 saturated heterocycles. The zero-order valence-corrected chi connectivity index (χ0v) is 18.2. The van der Waals surface area contributed by atoms with Crippen LogP contribution in [0, 0.1) is 5.41 Å². The van der Waals surface area contributed by atoms with Gasteiger partial charge >= 0.3 is 0 Å². The van der Waals surface area contributed by atoms with Crippen molar-refractivity contribution in [2.75, 3.05) is 26.2 Å². The predicted octanol–water partition coefficient (Wildman–Crippen LogP) is 3.69. The second-order valence-electron chi connectivity index (χ2n) is 7.56. The fourth-order valence-electron chi connectivity index (χ4n) is 3.14. The molecule has 2 N–H and O–H groups in total. The molecular formula is C20H34IN3O. The third-order valence-corrected chi connectivity index (χ3v) is 4.62. The molecule has 0 unspecified atom stereocenters. The van der Waals surface area contributed by atoms with Crippen molar-refractivity contribution in [3.8, 4) is 0 Å². The number of hydrogen-bond donors (Lipinski definition) is 2. The van der Waals surface area contributed by atoms with E-state index in [9.17, 15) is 5.11 Å². The van der Waals surface area contributed by atoms with E-state index in [1.54, 1.807) is 0 Å². The van der Waals surface area contributed by atoms with Gasteiger partial charge in [-0.25, -0.2) is 0 Å². The van der Waals surface area contributed by atoms with E-state index in [0.717, 1.165) is 44.9 Å². The molecule has 142 valence electrons. The summed E-state index contributed by atoms with van der Waals surface area (Å²) in [5.74, 6) is 0.949. The van der Waals surface area contributed by atoms with Gasteiger partial charge in [-0.15, -0.1) is 24.0 Å². The molecule has 2 rings (SSSR count). The normalized spacial score (nSPS) is 18.2. The summed E-state index contributed by atoms with van der Waals surface area (Å²) in [4.78, 5) is 7.02. The highest BCUT2D eigenvalue weighted by Crippen LogP contribution is 2.24.